The van der Waals surface area contributed by atoms with Gasteiger partial charge >= 0.3 is 5.97 Å². The van der Waals surface area contributed by atoms with Crippen LogP contribution in [0.1, 0.15) is 39.0 Å². The molecular formula is C23H29N5O6S. The molecule has 2 aromatic heterocycles. The molecule has 1 atom stereocenters. The number of aromatic nitrogens is 3. The molecule has 35 heavy (non-hydrogen) atoms. The first-order chi connectivity index (χ1) is 16.6. The minimum absolute atomic E-state index is 0.0148. The SMILES string of the molecule is CCOC(=O)CCN(Cc1ccco1)C(=O)[C@H](C(C)C)n1cc(-c2ccc(S(N)(=O)=O)cc2)nn1. The second-order valence-electron chi connectivity index (χ2n) is 8.24. The van der Waals surface area contributed by atoms with Gasteiger partial charge in [0.25, 0.3) is 0 Å². The third-order valence-corrected chi connectivity index (χ3v) is 6.22. The summed E-state index contributed by atoms with van der Waals surface area (Å²) in [4.78, 5) is 27.1. The first-order valence-electron chi connectivity index (χ1n) is 11.1. The highest BCUT2D eigenvalue weighted by molar-refractivity contribution is 7.89. The Morgan fingerprint density at radius 2 is 1.91 bits per heavy atom. The fourth-order valence-electron chi connectivity index (χ4n) is 3.57. The van der Waals surface area contributed by atoms with Gasteiger partial charge in [-0.2, -0.15) is 0 Å². The number of nitrogens with two attached hydrogens (primary N) is 1. The molecule has 188 valence electrons. The van der Waals surface area contributed by atoms with E-state index in [4.69, 9.17) is 14.3 Å². The highest BCUT2D eigenvalue weighted by Gasteiger charge is 2.31. The maximum atomic E-state index is 13.6. The van der Waals surface area contributed by atoms with Crippen molar-refractivity contribution in [1.82, 2.24) is 19.9 Å². The Labute approximate surface area is 203 Å². The molecule has 0 aliphatic carbocycles. The van der Waals surface area contributed by atoms with Gasteiger partial charge in [-0.1, -0.05) is 31.2 Å². The van der Waals surface area contributed by atoms with Gasteiger partial charge in [-0.3, -0.25) is 9.59 Å². The molecule has 3 aromatic rings. The van der Waals surface area contributed by atoms with E-state index in [1.807, 2.05) is 13.8 Å². The number of primary sulfonamides is 1. The van der Waals surface area contributed by atoms with Gasteiger partial charge in [0, 0.05) is 12.1 Å². The number of ether oxygens (including phenoxy) is 1. The number of carbonyl (C=O) groups is 2. The number of rotatable bonds is 11. The maximum Gasteiger partial charge on any atom is 0.307 e. The molecule has 1 amide bonds. The van der Waals surface area contributed by atoms with Gasteiger partial charge in [-0.15, -0.1) is 5.10 Å². The van der Waals surface area contributed by atoms with Crippen molar-refractivity contribution in [3.63, 3.8) is 0 Å². The van der Waals surface area contributed by atoms with Crippen LogP contribution in [-0.2, 0) is 30.9 Å². The molecule has 11 nitrogen and oxygen atoms in total. The lowest BCUT2D eigenvalue weighted by molar-refractivity contribution is -0.145. The van der Waals surface area contributed by atoms with E-state index in [0.29, 0.717) is 17.0 Å². The Kier molecular flexibility index (Phi) is 8.41. The van der Waals surface area contributed by atoms with Crippen LogP contribution in [0.5, 0.6) is 0 Å². The molecule has 0 spiro atoms. The van der Waals surface area contributed by atoms with E-state index in [1.54, 1.807) is 42.3 Å². The summed E-state index contributed by atoms with van der Waals surface area (Å²) in [7, 11) is -3.81. The summed E-state index contributed by atoms with van der Waals surface area (Å²) in [5, 5.41) is 13.5. The van der Waals surface area contributed by atoms with Crippen molar-refractivity contribution in [2.45, 2.75) is 44.7 Å². The Balaban J connectivity index is 1.85. The largest absolute Gasteiger partial charge is 0.467 e. The van der Waals surface area contributed by atoms with Gasteiger partial charge in [0.1, 0.15) is 17.5 Å². The molecule has 0 aliphatic rings. The molecule has 0 radical (unpaired) electrons. The number of amides is 1. The van der Waals surface area contributed by atoms with E-state index in [1.165, 1.54) is 23.1 Å². The van der Waals surface area contributed by atoms with Gasteiger partial charge < -0.3 is 14.1 Å². The number of carbonyl (C=O) groups excluding carboxylic acids is 2. The average Bonchev–Trinajstić information content (AvgIpc) is 3.48. The molecule has 0 saturated carbocycles. The zero-order valence-corrected chi connectivity index (χ0v) is 20.6. The zero-order valence-electron chi connectivity index (χ0n) is 19.8. The lowest BCUT2D eigenvalue weighted by atomic mass is 10.0. The van der Waals surface area contributed by atoms with E-state index in [9.17, 15) is 18.0 Å². The third-order valence-electron chi connectivity index (χ3n) is 5.29. The maximum absolute atomic E-state index is 13.6. The van der Waals surface area contributed by atoms with Crippen LogP contribution >= 0.6 is 0 Å². The number of benzene rings is 1. The topological polar surface area (TPSA) is 151 Å². The summed E-state index contributed by atoms with van der Waals surface area (Å²) in [5.41, 5.74) is 1.09. The normalized spacial score (nSPS) is 12.5. The van der Waals surface area contributed by atoms with Crippen LogP contribution < -0.4 is 5.14 Å². The predicted molar refractivity (Wildman–Crippen MR) is 126 cm³/mol. The first-order valence-corrected chi connectivity index (χ1v) is 12.7. The number of furan rings is 1. The van der Waals surface area contributed by atoms with Crippen molar-refractivity contribution in [3.05, 3.63) is 54.6 Å². The van der Waals surface area contributed by atoms with Gasteiger partial charge in [-0.05, 0) is 37.1 Å². The van der Waals surface area contributed by atoms with Crippen molar-refractivity contribution >= 4 is 21.9 Å². The highest BCUT2D eigenvalue weighted by atomic mass is 32.2. The molecule has 0 fully saturated rings. The molecule has 0 bridgehead atoms. The van der Waals surface area contributed by atoms with E-state index in [2.05, 4.69) is 10.3 Å². The summed E-state index contributed by atoms with van der Waals surface area (Å²) < 4.78 is 34.9. The first kappa shape index (κ1) is 26.1. The van der Waals surface area contributed by atoms with Gasteiger partial charge in [0.05, 0.1) is 36.9 Å². The molecule has 2 heterocycles. The van der Waals surface area contributed by atoms with Crippen LogP contribution in [0.3, 0.4) is 0 Å². The van der Waals surface area contributed by atoms with Crippen LogP contribution in [0, 0.1) is 5.92 Å². The van der Waals surface area contributed by atoms with E-state index in [0.717, 1.165) is 0 Å². The molecule has 0 saturated heterocycles. The van der Waals surface area contributed by atoms with Gasteiger partial charge in [-0.25, -0.2) is 18.2 Å². The van der Waals surface area contributed by atoms with Crippen molar-refractivity contribution in [1.29, 1.82) is 0 Å². The average molecular weight is 504 g/mol. The number of nitrogens with zero attached hydrogens (tertiary/aromatic N) is 4. The van der Waals surface area contributed by atoms with E-state index < -0.39 is 22.0 Å². The Morgan fingerprint density at radius 1 is 1.20 bits per heavy atom. The molecule has 1 aromatic carbocycles. The number of hydrogen-bond donors (Lipinski definition) is 1. The van der Waals surface area contributed by atoms with Crippen molar-refractivity contribution in [2.24, 2.45) is 11.1 Å². The van der Waals surface area contributed by atoms with Crippen molar-refractivity contribution in [2.75, 3.05) is 13.2 Å². The lowest BCUT2D eigenvalue weighted by Gasteiger charge is -2.28. The monoisotopic (exact) mass is 503 g/mol. The van der Waals surface area contributed by atoms with Crippen molar-refractivity contribution < 1.29 is 27.2 Å². The standard InChI is InChI=1S/C23H29N5O6S/c1-4-33-21(29)11-12-27(14-18-6-5-13-34-18)23(30)22(16(2)3)28-15-20(25-26-28)17-7-9-19(10-8-17)35(24,31)32/h5-10,13,15-16,22H,4,11-12,14H2,1-3H3,(H2,24,31,32)/t22-/m0/s1. The number of esters is 1. The minimum atomic E-state index is -3.81. The number of sulfonamides is 1. The number of hydrogen-bond acceptors (Lipinski definition) is 8. The van der Waals surface area contributed by atoms with Crippen LogP contribution in [0.4, 0.5) is 0 Å². The molecule has 0 unspecified atom stereocenters. The summed E-state index contributed by atoms with van der Waals surface area (Å²) in [6, 6.07) is 8.70. The highest BCUT2D eigenvalue weighted by Crippen LogP contribution is 2.25. The molecule has 12 heteroatoms. The lowest BCUT2D eigenvalue weighted by Crippen LogP contribution is -2.40. The summed E-state index contributed by atoms with van der Waals surface area (Å²) >= 11 is 0. The minimum Gasteiger partial charge on any atom is -0.467 e. The molecule has 3 rings (SSSR count). The quantitative estimate of drug-likeness (QED) is 0.392. The third kappa shape index (κ3) is 6.76. The summed E-state index contributed by atoms with van der Waals surface area (Å²) in [6.07, 6.45) is 3.20. The second-order valence-corrected chi connectivity index (χ2v) is 9.80. The van der Waals surface area contributed by atoms with Gasteiger partial charge in [0.2, 0.25) is 15.9 Å². The molecule has 0 aliphatic heterocycles. The summed E-state index contributed by atoms with van der Waals surface area (Å²) in [5.74, 6) is -0.207. The zero-order chi connectivity index (χ0) is 25.6. The Morgan fingerprint density at radius 3 is 2.49 bits per heavy atom. The fraction of sp³-hybridized carbons (Fsp3) is 0.391. The van der Waals surface area contributed by atoms with Crippen LogP contribution in [0.2, 0.25) is 0 Å². The van der Waals surface area contributed by atoms with Crippen LogP contribution in [0.25, 0.3) is 11.3 Å². The van der Waals surface area contributed by atoms with Crippen LogP contribution in [0.15, 0.2) is 58.2 Å². The molecular weight excluding hydrogens is 474 g/mol. The smallest absolute Gasteiger partial charge is 0.307 e. The molecule has 2 N–H and O–H groups in total. The van der Waals surface area contributed by atoms with Crippen molar-refractivity contribution in [3.8, 4) is 11.3 Å². The van der Waals surface area contributed by atoms with Gasteiger partial charge in [0.15, 0.2) is 0 Å². The fourth-order valence-corrected chi connectivity index (χ4v) is 4.08. The van der Waals surface area contributed by atoms with E-state index in [-0.39, 0.29) is 42.8 Å². The summed E-state index contributed by atoms with van der Waals surface area (Å²) in [6.45, 7) is 6.11. The van der Waals surface area contributed by atoms with Crippen LogP contribution in [-0.4, -0.2) is 53.3 Å². The Bertz CT molecular complexity index is 1240. The predicted octanol–water partition coefficient (Wildman–Crippen LogP) is 2.36. The van der Waals surface area contributed by atoms with E-state index >= 15 is 0 Å². The Hall–Kier alpha value is -3.51. The second kappa shape index (κ2) is 11.3.